The quantitative estimate of drug-likeness (QED) is 0.217. The first-order valence-corrected chi connectivity index (χ1v) is 12.1. The number of para-hydroxylation sites is 2. The lowest BCUT2D eigenvalue weighted by molar-refractivity contribution is 0.0948. The molecule has 0 bridgehead atoms. The third-order valence-corrected chi connectivity index (χ3v) is 5.93. The van der Waals surface area contributed by atoms with Crippen LogP contribution in [0.4, 0.5) is 0 Å². The van der Waals surface area contributed by atoms with Gasteiger partial charge in [-0.25, -0.2) is 0 Å². The molecule has 4 aromatic carbocycles. The molecule has 0 fully saturated rings. The first-order chi connectivity index (χ1) is 17.8. The Morgan fingerprint density at radius 1 is 0.639 bits per heavy atom. The first kappa shape index (κ1) is 23.3. The van der Waals surface area contributed by atoms with E-state index in [0.717, 1.165) is 48.5 Å². The van der Waals surface area contributed by atoms with Gasteiger partial charge in [-0.1, -0.05) is 59.8 Å². The molecule has 0 saturated carbocycles. The summed E-state index contributed by atoms with van der Waals surface area (Å²) in [5.74, 6) is 1.56. The van der Waals surface area contributed by atoms with Gasteiger partial charge < -0.3 is 9.47 Å². The molecule has 0 aliphatic rings. The molecule has 1 aromatic heterocycles. The van der Waals surface area contributed by atoms with Crippen molar-refractivity contribution < 1.29 is 14.3 Å². The van der Waals surface area contributed by atoms with Crippen molar-refractivity contribution in [1.82, 2.24) is 15.0 Å². The van der Waals surface area contributed by atoms with Gasteiger partial charge in [0.05, 0.1) is 18.7 Å². The van der Waals surface area contributed by atoms with Gasteiger partial charge in [-0.15, -0.1) is 5.10 Å². The minimum absolute atomic E-state index is 0.203. The maximum absolute atomic E-state index is 12.9. The summed E-state index contributed by atoms with van der Waals surface area (Å²) in [6, 6.07) is 32.9. The zero-order valence-corrected chi connectivity index (χ0v) is 19.9. The summed E-state index contributed by atoms with van der Waals surface area (Å²) < 4.78 is 12.9. The zero-order chi connectivity index (χ0) is 24.6. The lowest BCUT2D eigenvalue weighted by atomic mass is 10.0. The number of hydrogen-bond acceptors (Lipinski definition) is 5. The summed E-state index contributed by atoms with van der Waals surface area (Å²) in [5, 5.41) is 8.08. The number of nitrogens with zero attached hydrogens (tertiary/aromatic N) is 3. The highest BCUT2D eigenvalue weighted by atomic mass is 16.5. The minimum atomic E-state index is -0.203. The summed E-state index contributed by atoms with van der Waals surface area (Å²) in [4.78, 5) is 12.9. The molecule has 5 aromatic rings. The molecule has 0 aliphatic carbocycles. The van der Waals surface area contributed by atoms with Crippen molar-refractivity contribution in [2.75, 3.05) is 13.2 Å². The fraction of sp³-hybridized carbons (Fsp3) is 0.167. The number of carbonyl (C=O) groups excluding carboxylic acids is 1. The normalized spacial score (nSPS) is 10.9. The molecule has 0 saturated heterocycles. The highest BCUT2D eigenvalue weighted by Gasteiger charge is 2.14. The van der Waals surface area contributed by atoms with E-state index < -0.39 is 0 Å². The highest BCUT2D eigenvalue weighted by Crippen LogP contribution is 2.24. The number of ether oxygens (including phenoxy) is 2. The number of rotatable bonds is 10. The lowest BCUT2D eigenvalue weighted by Gasteiger charge is -2.09. The second-order valence-corrected chi connectivity index (χ2v) is 8.47. The fourth-order valence-corrected chi connectivity index (χ4v) is 3.97. The summed E-state index contributed by atoms with van der Waals surface area (Å²) in [6.07, 6.45) is 3.04. The van der Waals surface area contributed by atoms with Gasteiger partial charge in [-0.3, -0.25) is 4.79 Å². The van der Waals surface area contributed by atoms with E-state index in [9.17, 15) is 4.79 Å². The second kappa shape index (κ2) is 11.3. The summed E-state index contributed by atoms with van der Waals surface area (Å²) in [6.45, 7) is 1.40. The van der Waals surface area contributed by atoms with Gasteiger partial charge >= 0.3 is 0 Å². The SMILES string of the molecule is O=C(c1ccc(-c2ccc(OCCCCCOc3ccccc3)cc2)cc1)n1nnc2ccccc21. The third kappa shape index (κ3) is 5.61. The number of benzene rings is 4. The van der Waals surface area contributed by atoms with Gasteiger partial charge in [-0.05, 0) is 78.9 Å². The highest BCUT2D eigenvalue weighted by molar-refractivity contribution is 6.00. The van der Waals surface area contributed by atoms with E-state index in [-0.39, 0.29) is 5.91 Å². The Hall–Kier alpha value is -4.45. The Morgan fingerprint density at radius 3 is 1.92 bits per heavy atom. The molecule has 0 unspecified atom stereocenters. The zero-order valence-electron chi connectivity index (χ0n) is 19.9. The van der Waals surface area contributed by atoms with Crippen molar-refractivity contribution in [2.24, 2.45) is 0 Å². The molecule has 0 amide bonds. The van der Waals surface area contributed by atoms with Crippen LogP contribution in [-0.2, 0) is 0 Å². The average Bonchev–Trinajstić information content (AvgIpc) is 3.37. The number of hydrogen-bond donors (Lipinski definition) is 0. The molecule has 0 N–H and O–H groups in total. The van der Waals surface area contributed by atoms with Gasteiger partial charge in [-0.2, -0.15) is 4.68 Å². The van der Waals surface area contributed by atoms with Crippen LogP contribution in [0.15, 0.2) is 103 Å². The molecule has 6 heteroatoms. The summed E-state index contributed by atoms with van der Waals surface area (Å²) >= 11 is 0. The summed E-state index contributed by atoms with van der Waals surface area (Å²) in [7, 11) is 0. The summed E-state index contributed by atoms with van der Waals surface area (Å²) in [5.41, 5.74) is 4.04. The van der Waals surface area contributed by atoms with Crippen LogP contribution in [0.1, 0.15) is 29.6 Å². The van der Waals surface area contributed by atoms with E-state index in [2.05, 4.69) is 10.3 Å². The smallest absolute Gasteiger partial charge is 0.280 e. The van der Waals surface area contributed by atoms with Crippen molar-refractivity contribution in [3.63, 3.8) is 0 Å². The van der Waals surface area contributed by atoms with Crippen molar-refractivity contribution in [2.45, 2.75) is 19.3 Å². The van der Waals surface area contributed by atoms with Crippen LogP contribution in [0.2, 0.25) is 0 Å². The molecular weight excluding hydrogens is 450 g/mol. The topological polar surface area (TPSA) is 66.2 Å². The Kier molecular flexibility index (Phi) is 7.32. The second-order valence-electron chi connectivity index (χ2n) is 8.47. The van der Waals surface area contributed by atoms with Gasteiger partial charge in [0.1, 0.15) is 17.0 Å². The first-order valence-electron chi connectivity index (χ1n) is 12.1. The van der Waals surface area contributed by atoms with Crippen LogP contribution in [-0.4, -0.2) is 34.1 Å². The van der Waals surface area contributed by atoms with Crippen LogP contribution in [0, 0.1) is 0 Å². The maximum atomic E-state index is 12.9. The van der Waals surface area contributed by atoms with Gasteiger partial charge in [0, 0.05) is 5.56 Å². The van der Waals surface area contributed by atoms with Crippen LogP contribution in [0.3, 0.4) is 0 Å². The molecule has 180 valence electrons. The Bertz CT molecular complexity index is 1410. The van der Waals surface area contributed by atoms with E-state index in [1.807, 2.05) is 103 Å². The number of carbonyl (C=O) groups is 1. The molecule has 1 heterocycles. The largest absolute Gasteiger partial charge is 0.494 e. The third-order valence-electron chi connectivity index (χ3n) is 5.93. The molecule has 0 atom stereocenters. The van der Waals surface area contributed by atoms with Crippen LogP contribution >= 0.6 is 0 Å². The monoisotopic (exact) mass is 477 g/mol. The number of fused-ring (bicyclic) bond motifs is 1. The predicted molar refractivity (Wildman–Crippen MR) is 140 cm³/mol. The van der Waals surface area contributed by atoms with Crippen LogP contribution < -0.4 is 9.47 Å². The molecule has 6 nitrogen and oxygen atoms in total. The van der Waals surface area contributed by atoms with Crippen molar-refractivity contribution >= 4 is 16.9 Å². The Balaban J connectivity index is 1.09. The molecular formula is C30H27N3O3. The van der Waals surface area contributed by atoms with E-state index >= 15 is 0 Å². The van der Waals surface area contributed by atoms with Crippen LogP contribution in [0.5, 0.6) is 11.5 Å². The predicted octanol–water partition coefficient (Wildman–Crippen LogP) is 6.41. The molecule has 0 spiro atoms. The van der Waals surface area contributed by atoms with Crippen LogP contribution in [0.25, 0.3) is 22.2 Å². The van der Waals surface area contributed by atoms with Gasteiger partial charge in [0.2, 0.25) is 0 Å². The molecule has 5 rings (SSSR count). The van der Waals surface area contributed by atoms with E-state index in [0.29, 0.717) is 23.2 Å². The van der Waals surface area contributed by atoms with Crippen molar-refractivity contribution in [3.05, 3.63) is 109 Å². The number of aromatic nitrogens is 3. The maximum Gasteiger partial charge on any atom is 0.280 e. The molecule has 0 aliphatic heterocycles. The fourth-order valence-electron chi connectivity index (χ4n) is 3.97. The van der Waals surface area contributed by atoms with Crippen molar-refractivity contribution in [3.8, 4) is 22.6 Å². The average molecular weight is 478 g/mol. The van der Waals surface area contributed by atoms with Gasteiger partial charge in [0.25, 0.3) is 5.91 Å². The molecule has 36 heavy (non-hydrogen) atoms. The van der Waals surface area contributed by atoms with E-state index in [1.54, 1.807) is 0 Å². The van der Waals surface area contributed by atoms with E-state index in [1.165, 1.54) is 4.68 Å². The van der Waals surface area contributed by atoms with Gasteiger partial charge in [0.15, 0.2) is 0 Å². The lowest BCUT2D eigenvalue weighted by Crippen LogP contribution is -2.13. The Labute approximate surface area is 210 Å². The molecule has 0 radical (unpaired) electrons. The minimum Gasteiger partial charge on any atom is -0.494 e. The number of unbranched alkanes of at least 4 members (excludes halogenated alkanes) is 2. The Morgan fingerprint density at radius 2 is 1.22 bits per heavy atom. The van der Waals surface area contributed by atoms with Crippen molar-refractivity contribution in [1.29, 1.82) is 0 Å². The van der Waals surface area contributed by atoms with E-state index in [4.69, 9.17) is 9.47 Å². The standard InChI is InChI=1S/C30H27N3O3/c34-30(33-29-12-6-5-11-28(29)31-32-33)25-15-13-23(14-16-25)24-17-19-27(20-18-24)36-22-8-2-7-21-35-26-9-3-1-4-10-26/h1,3-6,9-20H,2,7-8,21-22H2.